The smallest absolute Gasteiger partial charge is 0.240 e. The number of nitrogens with two attached hydrogens (primary N) is 1. The fraction of sp³-hybridized carbons (Fsp3) is 0.615. The fourth-order valence-corrected chi connectivity index (χ4v) is 1.81. The first kappa shape index (κ1) is 12.2. The Kier molecular flexibility index (Phi) is 3.52. The maximum absolute atomic E-state index is 11.6. The first-order chi connectivity index (χ1) is 8.06. The van der Waals surface area contributed by atoms with E-state index in [4.69, 9.17) is 5.73 Å². The Labute approximate surface area is 102 Å². The third-order valence-electron chi connectivity index (χ3n) is 3.15. The van der Waals surface area contributed by atoms with Crippen LogP contribution in [0, 0.1) is 5.92 Å². The topological polar surface area (TPSA) is 60.0 Å². The molecule has 1 aliphatic rings. The minimum absolute atomic E-state index is 0.0442. The molecule has 1 unspecified atom stereocenters. The van der Waals surface area contributed by atoms with Crippen LogP contribution in [0.25, 0.3) is 0 Å². The van der Waals surface area contributed by atoms with Crippen LogP contribution in [0.5, 0.6) is 0 Å². The Morgan fingerprint density at radius 3 is 2.88 bits per heavy atom. The third-order valence-corrected chi connectivity index (χ3v) is 3.15. The molecule has 1 atom stereocenters. The van der Waals surface area contributed by atoms with Crippen LogP contribution in [0.15, 0.2) is 18.5 Å². The summed E-state index contributed by atoms with van der Waals surface area (Å²) in [4.78, 5) is 11.6. The Bertz CT molecular complexity index is 393. The van der Waals surface area contributed by atoms with Crippen LogP contribution >= 0.6 is 0 Å². The van der Waals surface area contributed by atoms with Crippen molar-refractivity contribution >= 4 is 5.91 Å². The highest BCUT2D eigenvalue weighted by molar-refractivity contribution is 5.76. The van der Waals surface area contributed by atoms with Crippen LogP contribution in [-0.2, 0) is 11.3 Å². The van der Waals surface area contributed by atoms with Crippen LogP contribution in [-0.4, -0.2) is 16.5 Å². The number of carbonyl (C=O) groups excluding carboxylic acids is 1. The van der Waals surface area contributed by atoms with Gasteiger partial charge in [0.05, 0.1) is 0 Å². The highest BCUT2D eigenvalue weighted by Gasteiger charge is 2.23. The molecule has 0 bridgehead atoms. The molecule has 0 radical (unpaired) electrons. The maximum Gasteiger partial charge on any atom is 0.240 e. The van der Waals surface area contributed by atoms with Gasteiger partial charge in [-0.3, -0.25) is 4.79 Å². The van der Waals surface area contributed by atoms with E-state index in [1.165, 1.54) is 0 Å². The number of carbonyl (C=O) groups is 1. The molecule has 2 rings (SSSR count). The summed E-state index contributed by atoms with van der Waals surface area (Å²) < 4.78 is 1.90. The second kappa shape index (κ2) is 4.92. The lowest BCUT2D eigenvalue weighted by molar-refractivity contribution is -0.121. The lowest BCUT2D eigenvalue weighted by Crippen LogP contribution is -2.28. The summed E-state index contributed by atoms with van der Waals surface area (Å²) in [7, 11) is 0. The molecule has 94 valence electrons. The molecule has 4 nitrogen and oxygen atoms in total. The van der Waals surface area contributed by atoms with Gasteiger partial charge in [-0.2, -0.15) is 0 Å². The molecule has 1 saturated carbocycles. The van der Waals surface area contributed by atoms with Crippen molar-refractivity contribution in [2.75, 3.05) is 0 Å². The molecule has 1 amide bonds. The summed E-state index contributed by atoms with van der Waals surface area (Å²) in [6, 6.07) is 2.47. The van der Waals surface area contributed by atoms with E-state index in [2.05, 4.69) is 19.2 Å². The SMILES string of the molecule is CC(C)C(N)c1ccn(CC(=O)NC2CC2)c1. The van der Waals surface area contributed by atoms with Gasteiger partial charge < -0.3 is 15.6 Å². The number of hydrogen-bond donors (Lipinski definition) is 2. The highest BCUT2D eigenvalue weighted by atomic mass is 16.2. The number of rotatable bonds is 5. The summed E-state index contributed by atoms with van der Waals surface area (Å²) in [6.07, 6.45) is 6.14. The largest absolute Gasteiger partial charge is 0.352 e. The van der Waals surface area contributed by atoms with Crippen molar-refractivity contribution in [3.63, 3.8) is 0 Å². The minimum atomic E-state index is 0.0442. The van der Waals surface area contributed by atoms with Gasteiger partial charge >= 0.3 is 0 Å². The van der Waals surface area contributed by atoms with Crippen LogP contribution < -0.4 is 11.1 Å². The van der Waals surface area contributed by atoms with Gasteiger partial charge in [0.15, 0.2) is 0 Å². The second-order valence-corrected chi connectivity index (χ2v) is 5.23. The van der Waals surface area contributed by atoms with E-state index < -0.39 is 0 Å². The molecular formula is C13H21N3O. The molecule has 0 aliphatic heterocycles. The number of hydrogen-bond acceptors (Lipinski definition) is 2. The molecule has 0 saturated heterocycles. The summed E-state index contributed by atoms with van der Waals surface area (Å²) >= 11 is 0. The molecule has 3 N–H and O–H groups in total. The summed E-state index contributed by atoms with van der Waals surface area (Å²) in [5, 5.41) is 2.97. The van der Waals surface area contributed by atoms with Crippen LogP contribution in [0.1, 0.15) is 38.3 Å². The van der Waals surface area contributed by atoms with Crippen molar-refractivity contribution in [2.24, 2.45) is 11.7 Å². The highest BCUT2D eigenvalue weighted by Crippen LogP contribution is 2.20. The van der Waals surface area contributed by atoms with Gasteiger partial charge in [-0.25, -0.2) is 0 Å². The Hall–Kier alpha value is -1.29. The average molecular weight is 235 g/mol. The molecular weight excluding hydrogens is 214 g/mol. The van der Waals surface area contributed by atoms with Gasteiger partial charge in [0.25, 0.3) is 0 Å². The van der Waals surface area contributed by atoms with Crippen LogP contribution in [0.2, 0.25) is 0 Å². The molecule has 0 aromatic carbocycles. The molecule has 1 aromatic heterocycles. The molecule has 1 heterocycles. The molecule has 17 heavy (non-hydrogen) atoms. The summed E-state index contributed by atoms with van der Waals surface area (Å²) in [6.45, 7) is 4.59. The predicted molar refractivity (Wildman–Crippen MR) is 67.4 cm³/mol. The van der Waals surface area contributed by atoms with Gasteiger partial charge in [0.1, 0.15) is 6.54 Å². The zero-order valence-electron chi connectivity index (χ0n) is 10.5. The Balaban J connectivity index is 1.90. The first-order valence-electron chi connectivity index (χ1n) is 6.27. The number of aromatic nitrogens is 1. The van der Waals surface area contributed by atoms with Crippen molar-refractivity contribution in [3.05, 3.63) is 24.0 Å². The normalized spacial score (nSPS) is 17.2. The second-order valence-electron chi connectivity index (χ2n) is 5.23. The summed E-state index contributed by atoms with van der Waals surface area (Å²) in [5.41, 5.74) is 7.16. The molecule has 4 heteroatoms. The molecule has 1 aliphatic carbocycles. The van der Waals surface area contributed by atoms with E-state index in [1.807, 2.05) is 23.0 Å². The van der Waals surface area contributed by atoms with Crippen molar-refractivity contribution in [1.29, 1.82) is 0 Å². The van der Waals surface area contributed by atoms with E-state index in [0.29, 0.717) is 18.5 Å². The van der Waals surface area contributed by atoms with Crippen molar-refractivity contribution in [1.82, 2.24) is 9.88 Å². The quantitative estimate of drug-likeness (QED) is 0.811. The van der Waals surface area contributed by atoms with Gasteiger partial charge in [-0.15, -0.1) is 0 Å². The Morgan fingerprint density at radius 2 is 2.29 bits per heavy atom. The average Bonchev–Trinajstić information content (AvgIpc) is 2.94. The third kappa shape index (κ3) is 3.33. The van der Waals surface area contributed by atoms with Gasteiger partial charge in [0, 0.05) is 24.5 Å². The standard InChI is InChI=1S/C13H21N3O/c1-9(2)13(14)10-5-6-16(7-10)8-12(17)15-11-3-4-11/h5-7,9,11,13H,3-4,8,14H2,1-2H3,(H,15,17). The van der Waals surface area contributed by atoms with Crippen molar-refractivity contribution in [2.45, 2.75) is 45.3 Å². The zero-order valence-corrected chi connectivity index (χ0v) is 10.5. The number of nitrogens with zero attached hydrogens (tertiary/aromatic N) is 1. The van der Waals surface area contributed by atoms with E-state index in [0.717, 1.165) is 18.4 Å². The molecule has 1 aromatic rings. The molecule has 1 fully saturated rings. The zero-order chi connectivity index (χ0) is 12.4. The molecule has 0 spiro atoms. The lowest BCUT2D eigenvalue weighted by Gasteiger charge is -2.13. The van der Waals surface area contributed by atoms with Gasteiger partial charge in [0.2, 0.25) is 5.91 Å². The van der Waals surface area contributed by atoms with E-state index in [1.54, 1.807) is 0 Å². The number of nitrogens with one attached hydrogen (secondary N) is 1. The number of amides is 1. The van der Waals surface area contributed by atoms with Crippen LogP contribution in [0.4, 0.5) is 0 Å². The minimum Gasteiger partial charge on any atom is -0.352 e. The van der Waals surface area contributed by atoms with E-state index in [-0.39, 0.29) is 11.9 Å². The predicted octanol–water partition coefficient (Wildman–Crippen LogP) is 1.42. The van der Waals surface area contributed by atoms with Crippen LogP contribution in [0.3, 0.4) is 0 Å². The fourth-order valence-electron chi connectivity index (χ4n) is 1.81. The van der Waals surface area contributed by atoms with E-state index in [9.17, 15) is 4.79 Å². The van der Waals surface area contributed by atoms with E-state index >= 15 is 0 Å². The first-order valence-corrected chi connectivity index (χ1v) is 6.27. The van der Waals surface area contributed by atoms with Crippen molar-refractivity contribution in [3.8, 4) is 0 Å². The maximum atomic E-state index is 11.6. The monoisotopic (exact) mass is 235 g/mol. The Morgan fingerprint density at radius 1 is 1.59 bits per heavy atom. The summed E-state index contributed by atoms with van der Waals surface area (Å²) in [5.74, 6) is 0.499. The van der Waals surface area contributed by atoms with Gasteiger partial charge in [-0.05, 0) is 30.4 Å². The van der Waals surface area contributed by atoms with Crippen molar-refractivity contribution < 1.29 is 4.79 Å². The lowest BCUT2D eigenvalue weighted by atomic mass is 10.00. The van der Waals surface area contributed by atoms with Gasteiger partial charge in [-0.1, -0.05) is 13.8 Å².